The number of hydrogen-bond donors (Lipinski definition) is 3. The highest BCUT2D eigenvalue weighted by molar-refractivity contribution is 5.89. The Hall–Kier alpha value is -3.61. The van der Waals surface area contributed by atoms with E-state index in [9.17, 15) is 9.59 Å². The Kier molecular flexibility index (Phi) is 4.75. The maximum Gasteiger partial charge on any atom is 0.335 e. The fourth-order valence-corrected chi connectivity index (χ4v) is 2.18. The Balaban J connectivity index is 1.58. The molecule has 0 bridgehead atoms. The van der Waals surface area contributed by atoms with Crippen molar-refractivity contribution in [3.8, 4) is 11.3 Å². The highest BCUT2D eigenvalue weighted by Crippen LogP contribution is 2.22. The van der Waals surface area contributed by atoms with Gasteiger partial charge in [-0.3, -0.25) is 4.98 Å². The Bertz CT molecular complexity index is 873. The number of anilines is 1. The Morgan fingerprint density at radius 1 is 1.08 bits per heavy atom. The smallest absolute Gasteiger partial charge is 0.335 e. The first kappa shape index (κ1) is 16.3. The molecule has 0 saturated carbocycles. The summed E-state index contributed by atoms with van der Waals surface area (Å²) in [6.07, 6.45) is 3.17. The van der Waals surface area contributed by atoms with E-state index in [0.717, 1.165) is 5.56 Å². The number of aromatic carboxylic acids is 1. The summed E-state index contributed by atoms with van der Waals surface area (Å²) in [6.45, 7) is 0.222. The second-order valence-corrected chi connectivity index (χ2v) is 5.20. The number of nitrogens with one attached hydrogen (secondary N) is 2. The van der Waals surface area contributed by atoms with E-state index in [1.807, 2.05) is 0 Å². The van der Waals surface area contributed by atoms with Crippen LogP contribution in [0.1, 0.15) is 16.1 Å². The number of carbonyl (C=O) groups excluding carboxylic acids is 1. The van der Waals surface area contributed by atoms with E-state index in [1.54, 1.807) is 48.8 Å². The van der Waals surface area contributed by atoms with Crippen molar-refractivity contribution < 1.29 is 19.1 Å². The second-order valence-electron chi connectivity index (χ2n) is 5.20. The number of carbonyl (C=O) groups is 2. The Morgan fingerprint density at radius 3 is 2.56 bits per heavy atom. The number of furan rings is 1. The van der Waals surface area contributed by atoms with Crippen molar-refractivity contribution in [3.63, 3.8) is 0 Å². The molecule has 3 rings (SSSR count). The number of urea groups is 1. The molecule has 7 nitrogen and oxygen atoms in total. The average molecular weight is 337 g/mol. The van der Waals surface area contributed by atoms with E-state index < -0.39 is 5.97 Å². The minimum Gasteiger partial charge on any atom is -0.478 e. The third-order valence-corrected chi connectivity index (χ3v) is 3.42. The quantitative estimate of drug-likeness (QED) is 0.662. The molecule has 0 aliphatic carbocycles. The lowest BCUT2D eigenvalue weighted by Gasteiger charge is -2.05. The predicted octanol–water partition coefficient (Wildman–Crippen LogP) is 3.36. The first-order valence-corrected chi connectivity index (χ1v) is 7.49. The maximum absolute atomic E-state index is 11.8. The first-order chi connectivity index (χ1) is 12.1. The molecule has 25 heavy (non-hydrogen) atoms. The van der Waals surface area contributed by atoms with Gasteiger partial charge < -0.3 is 20.2 Å². The van der Waals surface area contributed by atoms with E-state index in [1.165, 1.54) is 12.1 Å². The molecule has 0 unspecified atom stereocenters. The third-order valence-electron chi connectivity index (χ3n) is 3.42. The summed E-state index contributed by atoms with van der Waals surface area (Å²) < 4.78 is 5.67. The van der Waals surface area contributed by atoms with Crippen LogP contribution >= 0.6 is 0 Å². The van der Waals surface area contributed by atoms with E-state index in [4.69, 9.17) is 9.52 Å². The summed E-state index contributed by atoms with van der Waals surface area (Å²) in [7, 11) is 0. The molecule has 0 saturated heterocycles. The van der Waals surface area contributed by atoms with Crippen molar-refractivity contribution in [3.05, 3.63) is 72.2 Å². The molecule has 3 aromatic rings. The highest BCUT2D eigenvalue weighted by Gasteiger charge is 2.08. The van der Waals surface area contributed by atoms with Crippen molar-refractivity contribution in [1.82, 2.24) is 10.3 Å². The van der Waals surface area contributed by atoms with Gasteiger partial charge in [0.15, 0.2) is 0 Å². The van der Waals surface area contributed by atoms with E-state index in [-0.39, 0.29) is 18.1 Å². The van der Waals surface area contributed by atoms with Crippen molar-refractivity contribution in [1.29, 1.82) is 0 Å². The molecule has 2 amide bonds. The van der Waals surface area contributed by atoms with Gasteiger partial charge in [0.25, 0.3) is 0 Å². The minimum absolute atomic E-state index is 0.212. The highest BCUT2D eigenvalue weighted by atomic mass is 16.4. The van der Waals surface area contributed by atoms with Gasteiger partial charge in [-0.15, -0.1) is 0 Å². The third kappa shape index (κ3) is 4.23. The number of hydrogen-bond acceptors (Lipinski definition) is 4. The Labute approximate surface area is 143 Å². The van der Waals surface area contributed by atoms with Gasteiger partial charge >= 0.3 is 12.0 Å². The molecule has 2 heterocycles. The molecule has 0 aliphatic rings. The number of rotatable bonds is 5. The van der Waals surface area contributed by atoms with Crippen LogP contribution in [0.4, 0.5) is 10.5 Å². The molecule has 1 aromatic carbocycles. The fourth-order valence-electron chi connectivity index (χ4n) is 2.18. The molecule has 3 N–H and O–H groups in total. The zero-order valence-corrected chi connectivity index (χ0v) is 13.1. The molecular formula is C18H15N3O4. The van der Waals surface area contributed by atoms with Crippen LogP contribution in [0, 0.1) is 0 Å². The van der Waals surface area contributed by atoms with Gasteiger partial charge in [-0.2, -0.15) is 0 Å². The normalized spacial score (nSPS) is 10.2. The average Bonchev–Trinajstić information content (AvgIpc) is 3.10. The van der Waals surface area contributed by atoms with Gasteiger partial charge in [-0.25, -0.2) is 9.59 Å². The van der Waals surface area contributed by atoms with Gasteiger partial charge in [0.1, 0.15) is 11.5 Å². The van der Waals surface area contributed by atoms with Crippen LogP contribution in [0.2, 0.25) is 0 Å². The lowest BCUT2D eigenvalue weighted by atomic mass is 10.1. The number of amides is 2. The second kappa shape index (κ2) is 7.31. The summed E-state index contributed by atoms with van der Waals surface area (Å²) in [5.74, 6) is 0.204. The number of carboxylic acids is 1. The van der Waals surface area contributed by atoms with Crippen LogP contribution in [-0.2, 0) is 6.54 Å². The molecule has 0 aliphatic heterocycles. The summed E-state index contributed by atoms with van der Waals surface area (Å²) in [4.78, 5) is 26.6. The number of nitrogens with zero attached hydrogens (tertiary/aromatic N) is 1. The van der Waals surface area contributed by atoms with Gasteiger partial charge in [-0.05, 0) is 36.4 Å². The zero-order valence-electron chi connectivity index (χ0n) is 13.1. The lowest BCUT2D eigenvalue weighted by Crippen LogP contribution is -2.27. The fraction of sp³-hybridized carbons (Fsp3) is 0.0556. The van der Waals surface area contributed by atoms with Crippen molar-refractivity contribution in [2.24, 2.45) is 0 Å². The molecule has 7 heteroatoms. The van der Waals surface area contributed by atoms with Gasteiger partial charge in [0.2, 0.25) is 0 Å². The van der Waals surface area contributed by atoms with E-state index in [0.29, 0.717) is 17.2 Å². The SMILES string of the molecule is O=C(NCc1ccc(-c2ccc(C(=O)O)cc2)o1)Nc1cccnc1. The van der Waals surface area contributed by atoms with Crippen molar-refractivity contribution in [2.75, 3.05) is 5.32 Å². The number of pyridine rings is 1. The lowest BCUT2D eigenvalue weighted by molar-refractivity contribution is 0.0697. The van der Waals surface area contributed by atoms with E-state index in [2.05, 4.69) is 15.6 Å². The van der Waals surface area contributed by atoms with Crippen LogP contribution in [0.15, 0.2) is 65.3 Å². The minimum atomic E-state index is -0.976. The van der Waals surface area contributed by atoms with Crippen LogP contribution in [0.25, 0.3) is 11.3 Å². The summed E-state index contributed by atoms with van der Waals surface area (Å²) in [6, 6.07) is 13.0. The van der Waals surface area contributed by atoms with Crippen LogP contribution in [-0.4, -0.2) is 22.1 Å². The molecule has 0 radical (unpaired) electrons. The molecule has 0 fully saturated rings. The summed E-state index contributed by atoms with van der Waals surface area (Å²) in [5.41, 5.74) is 1.57. The number of aromatic nitrogens is 1. The largest absolute Gasteiger partial charge is 0.478 e. The Morgan fingerprint density at radius 2 is 1.88 bits per heavy atom. The van der Waals surface area contributed by atoms with Crippen LogP contribution in [0.5, 0.6) is 0 Å². The van der Waals surface area contributed by atoms with Crippen LogP contribution < -0.4 is 10.6 Å². The molecule has 2 aromatic heterocycles. The summed E-state index contributed by atoms with van der Waals surface area (Å²) >= 11 is 0. The van der Waals surface area contributed by atoms with Crippen molar-refractivity contribution >= 4 is 17.7 Å². The van der Waals surface area contributed by atoms with Gasteiger partial charge in [0.05, 0.1) is 24.0 Å². The standard InChI is InChI=1S/C18H15N3O4/c22-17(23)13-5-3-12(4-6-13)16-8-7-15(25-16)11-20-18(24)21-14-2-1-9-19-10-14/h1-10H,11H2,(H,22,23)(H2,20,21,24). The number of carboxylic acid groups (broad SMARTS) is 1. The molecule has 0 spiro atoms. The predicted molar refractivity (Wildman–Crippen MR) is 91.2 cm³/mol. The van der Waals surface area contributed by atoms with Crippen LogP contribution in [0.3, 0.4) is 0 Å². The topological polar surface area (TPSA) is 104 Å². The molecular weight excluding hydrogens is 322 g/mol. The maximum atomic E-state index is 11.8. The molecule has 126 valence electrons. The monoisotopic (exact) mass is 337 g/mol. The zero-order chi connectivity index (χ0) is 17.6. The molecule has 0 atom stereocenters. The first-order valence-electron chi connectivity index (χ1n) is 7.49. The van der Waals surface area contributed by atoms with Gasteiger partial charge in [-0.1, -0.05) is 12.1 Å². The summed E-state index contributed by atoms with van der Waals surface area (Å²) in [5, 5.41) is 14.2. The van der Waals surface area contributed by atoms with Gasteiger partial charge in [0, 0.05) is 11.8 Å². The number of benzene rings is 1. The van der Waals surface area contributed by atoms with Crippen molar-refractivity contribution in [2.45, 2.75) is 6.54 Å². The van der Waals surface area contributed by atoms with E-state index >= 15 is 0 Å².